The lowest BCUT2D eigenvalue weighted by Crippen LogP contribution is -2.43. The molecule has 0 aliphatic carbocycles. The van der Waals surface area contributed by atoms with Gasteiger partial charge in [0.2, 0.25) is 5.91 Å². The third-order valence-electron chi connectivity index (χ3n) is 2.78. The third kappa shape index (κ3) is 3.57. The minimum Gasteiger partial charge on any atom is -0.481 e. The maximum Gasteiger partial charge on any atom is 0.316 e. The molecular weight excluding hydrogens is 250 g/mol. The Balaban J connectivity index is 2.77. The molecule has 0 aliphatic rings. The van der Waals surface area contributed by atoms with Crippen LogP contribution in [0.2, 0.25) is 0 Å². The van der Waals surface area contributed by atoms with Crippen LogP contribution < -0.4 is 5.32 Å². The highest BCUT2D eigenvalue weighted by Crippen LogP contribution is 2.27. The second-order valence-corrected chi connectivity index (χ2v) is 6.20. The van der Waals surface area contributed by atoms with Gasteiger partial charge in [-0.1, -0.05) is 20.8 Å². The van der Waals surface area contributed by atoms with Gasteiger partial charge >= 0.3 is 5.97 Å². The molecule has 0 radical (unpaired) electrons. The van der Waals surface area contributed by atoms with Gasteiger partial charge in [-0.25, -0.2) is 0 Å². The lowest BCUT2D eigenvalue weighted by Gasteiger charge is -2.27. The predicted molar refractivity (Wildman–Crippen MR) is 71.5 cm³/mol. The number of carbonyl (C=O) groups is 2. The zero-order valence-corrected chi connectivity index (χ0v) is 11.9. The average Bonchev–Trinajstić information content (AvgIpc) is 2.65. The summed E-state index contributed by atoms with van der Waals surface area (Å²) in [7, 11) is 0. The van der Waals surface area contributed by atoms with Crippen LogP contribution >= 0.6 is 11.3 Å². The average molecular weight is 269 g/mol. The number of rotatable bonds is 4. The molecule has 1 aromatic rings. The molecule has 2 N–H and O–H groups in total. The lowest BCUT2D eigenvalue weighted by atomic mass is 9.80. The number of hydrogen-bond acceptors (Lipinski definition) is 3. The summed E-state index contributed by atoms with van der Waals surface area (Å²) in [6.45, 7) is 7.10. The van der Waals surface area contributed by atoms with Crippen LogP contribution in [0.3, 0.4) is 0 Å². The van der Waals surface area contributed by atoms with Gasteiger partial charge in [0.15, 0.2) is 0 Å². The van der Waals surface area contributed by atoms with Gasteiger partial charge in [0.25, 0.3) is 0 Å². The molecule has 0 saturated carbocycles. The van der Waals surface area contributed by atoms with Crippen molar-refractivity contribution in [3.05, 3.63) is 22.4 Å². The van der Waals surface area contributed by atoms with Crippen molar-refractivity contribution >= 4 is 23.2 Å². The van der Waals surface area contributed by atoms with E-state index in [-0.39, 0.29) is 6.04 Å². The fourth-order valence-corrected chi connectivity index (χ4v) is 2.53. The second-order valence-electron chi connectivity index (χ2n) is 5.42. The summed E-state index contributed by atoms with van der Waals surface area (Å²) in [5, 5.41) is 15.8. The molecule has 18 heavy (non-hydrogen) atoms. The Morgan fingerprint density at radius 2 is 2.00 bits per heavy atom. The number of amides is 1. The van der Waals surface area contributed by atoms with Crippen LogP contribution in [-0.4, -0.2) is 17.0 Å². The van der Waals surface area contributed by atoms with Gasteiger partial charge in [-0.05, 0) is 34.7 Å². The van der Waals surface area contributed by atoms with Crippen molar-refractivity contribution in [1.29, 1.82) is 0 Å². The van der Waals surface area contributed by atoms with Gasteiger partial charge in [-0.15, -0.1) is 0 Å². The summed E-state index contributed by atoms with van der Waals surface area (Å²) >= 11 is 1.55. The Kier molecular flexibility index (Phi) is 4.51. The van der Waals surface area contributed by atoms with Crippen LogP contribution in [0.5, 0.6) is 0 Å². The Hall–Kier alpha value is -1.36. The van der Waals surface area contributed by atoms with E-state index in [1.54, 1.807) is 32.1 Å². The summed E-state index contributed by atoms with van der Waals surface area (Å²) in [6.07, 6.45) is 0. The Morgan fingerprint density at radius 1 is 1.39 bits per heavy atom. The van der Waals surface area contributed by atoms with Crippen molar-refractivity contribution in [2.45, 2.75) is 33.7 Å². The molecule has 2 unspecified atom stereocenters. The first kappa shape index (κ1) is 14.7. The molecule has 0 saturated heterocycles. The summed E-state index contributed by atoms with van der Waals surface area (Å²) in [5.41, 5.74) is 0.385. The van der Waals surface area contributed by atoms with E-state index in [2.05, 4.69) is 5.32 Å². The number of carbonyl (C=O) groups excluding carboxylic acids is 1. The van der Waals surface area contributed by atoms with E-state index in [0.29, 0.717) is 0 Å². The van der Waals surface area contributed by atoms with Crippen molar-refractivity contribution in [2.24, 2.45) is 11.3 Å². The largest absolute Gasteiger partial charge is 0.481 e. The highest BCUT2D eigenvalue weighted by atomic mass is 32.1. The van der Waals surface area contributed by atoms with E-state index in [1.807, 2.05) is 23.8 Å². The van der Waals surface area contributed by atoms with Crippen LogP contribution in [0.15, 0.2) is 16.8 Å². The number of carboxylic acid groups (broad SMARTS) is 1. The van der Waals surface area contributed by atoms with Gasteiger partial charge < -0.3 is 10.4 Å². The van der Waals surface area contributed by atoms with Crippen LogP contribution in [0, 0.1) is 11.3 Å². The predicted octanol–water partition coefficient (Wildman–Crippen LogP) is 2.67. The Bertz CT molecular complexity index is 420. The van der Waals surface area contributed by atoms with Crippen LogP contribution in [0.1, 0.15) is 39.3 Å². The molecule has 100 valence electrons. The highest BCUT2D eigenvalue weighted by molar-refractivity contribution is 7.07. The Labute approximate surface area is 111 Å². The zero-order chi connectivity index (χ0) is 13.9. The number of aliphatic carboxylic acids is 1. The van der Waals surface area contributed by atoms with Crippen molar-refractivity contribution < 1.29 is 14.7 Å². The number of carboxylic acids is 1. The highest BCUT2D eigenvalue weighted by Gasteiger charge is 2.38. The first-order chi connectivity index (χ1) is 8.23. The van der Waals surface area contributed by atoms with E-state index in [4.69, 9.17) is 5.11 Å². The van der Waals surface area contributed by atoms with Crippen molar-refractivity contribution in [3.8, 4) is 0 Å². The molecule has 0 spiro atoms. The minimum absolute atomic E-state index is 0.173. The SMILES string of the molecule is CC(NC(=O)C(C(=O)O)C(C)(C)C)c1ccsc1. The lowest BCUT2D eigenvalue weighted by molar-refractivity contribution is -0.151. The maximum absolute atomic E-state index is 12.0. The fraction of sp³-hybridized carbons (Fsp3) is 0.538. The summed E-state index contributed by atoms with van der Waals surface area (Å²) < 4.78 is 0. The van der Waals surface area contributed by atoms with Crippen molar-refractivity contribution in [2.75, 3.05) is 0 Å². The Morgan fingerprint density at radius 3 is 2.39 bits per heavy atom. The van der Waals surface area contributed by atoms with Gasteiger partial charge in [0, 0.05) is 0 Å². The van der Waals surface area contributed by atoms with E-state index in [9.17, 15) is 9.59 Å². The molecule has 1 aromatic heterocycles. The maximum atomic E-state index is 12.0. The van der Waals surface area contributed by atoms with Gasteiger partial charge in [0.1, 0.15) is 5.92 Å². The molecule has 0 aromatic carbocycles. The molecule has 0 aliphatic heterocycles. The zero-order valence-electron chi connectivity index (χ0n) is 11.1. The fourth-order valence-electron chi connectivity index (χ4n) is 1.78. The first-order valence-electron chi connectivity index (χ1n) is 5.78. The number of hydrogen-bond donors (Lipinski definition) is 2. The standard InChI is InChI=1S/C13H19NO3S/c1-8(9-5-6-18-7-9)14-11(15)10(12(16)17)13(2,3)4/h5-8,10H,1-4H3,(H,14,15)(H,16,17). The van der Waals surface area contributed by atoms with Crippen LogP contribution in [0.25, 0.3) is 0 Å². The van der Waals surface area contributed by atoms with E-state index < -0.39 is 23.2 Å². The summed E-state index contributed by atoms with van der Waals surface area (Å²) in [6, 6.07) is 1.75. The minimum atomic E-state index is -1.09. The summed E-state index contributed by atoms with van der Waals surface area (Å²) in [4.78, 5) is 23.2. The second kappa shape index (κ2) is 5.52. The van der Waals surface area contributed by atoms with Crippen LogP contribution in [0.4, 0.5) is 0 Å². The monoisotopic (exact) mass is 269 g/mol. The van der Waals surface area contributed by atoms with Gasteiger partial charge in [0.05, 0.1) is 6.04 Å². The smallest absolute Gasteiger partial charge is 0.316 e. The molecule has 1 rings (SSSR count). The quantitative estimate of drug-likeness (QED) is 0.826. The summed E-state index contributed by atoms with van der Waals surface area (Å²) in [5.74, 6) is -2.56. The molecule has 0 bridgehead atoms. The van der Waals surface area contributed by atoms with E-state index in [0.717, 1.165) is 5.56 Å². The number of nitrogens with one attached hydrogen (secondary N) is 1. The van der Waals surface area contributed by atoms with Gasteiger partial charge in [-0.3, -0.25) is 9.59 Å². The van der Waals surface area contributed by atoms with Crippen molar-refractivity contribution in [1.82, 2.24) is 5.32 Å². The third-order valence-corrected chi connectivity index (χ3v) is 3.48. The van der Waals surface area contributed by atoms with Crippen LogP contribution in [-0.2, 0) is 9.59 Å². The topological polar surface area (TPSA) is 66.4 Å². The molecule has 4 nitrogen and oxygen atoms in total. The molecule has 0 fully saturated rings. The molecular formula is C13H19NO3S. The van der Waals surface area contributed by atoms with Crippen molar-refractivity contribution in [3.63, 3.8) is 0 Å². The molecule has 1 heterocycles. The molecule has 2 atom stereocenters. The van der Waals surface area contributed by atoms with Gasteiger partial charge in [-0.2, -0.15) is 11.3 Å². The van der Waals surface area contributed by atoms with E-state index in [1.165, 1.54) is 0 Å². The first-order valence-corrected chi connectivity index (χ1v) is 6.73. The molecule has 5 heteroatoms. The normalized spacial score (nSPS) is 14.9. The molecule has 1 amide bonds. The number of thiophene rings is 1. The van der Waals surface area contributed by atoms with E-state index >= 15 is 0 Å².